The highest BCUT2D eigenvalue weighted by Crippen LogP contribution is 2.38. The lowest BCUT2D eigenvalue weighted by atomic mass is 9.83. The summed E-state index contributed by atoms with van der Waals surface area (Å²) >= 11 is 0. The number of hydrogen-bond donors (Lipinski definition) is 0. The van der Waals surface area contributed by atoms with Gasteiger partial charge in [0.25, 0.3) is 0 Å². The van der Waals surface area contributed by atoms with Crippen LogP contribution in [0.5, 0.6) is 0 Å². The largest absolute Gasteiger partial charge is 0.367 e. The topological polar surface area (TPSA) is 9.23 Å². The Labute approximate surface area is 68.4 Å². The number of fused-ring (bicyclic) bond motifs is 2. The van der Waals surface area contributed by atoms with Crippen LogP contribution in [0.2, 0.25) is 0 Å². The standard InChI is InChI=1S/C10H16O/c1-3-7(2)9-6-8-4-5-10(9)11-8/h4-5,7-10H,3,6H2,1-2H3. The lowest BCUT2D eigenvalue weighted by Crippen LogP contribution is -2.20. The summed E-state index contributed by atoms with van der Waals surface area (Å²) in [7, 11) is 0. The van der Waals surface area contributed by atoms with Crippen molar-refractivity contribution in [2.45, 2.75) is 38.9 Å². The molecule has 4 atom stereocenters. The SMILES string of the molecule is CCC(C)C1CC2C=CC1O2. The van der Waals surface area contributed by atoms with Gasteiger partial charge in [-0.15, -0.1) is 0 Å². The Morgan fingerprint density at radius 1 is 1.55 bits per heavy atom. The van der Waals surface area contributed by atoms with E-state index in [0.717, 1.165) is 11.8 Å². The van der Waals surface area contributed by atoms with E-state index in [1.807, 2.05) is 0 Å². The zero-order valence-electron chi connectivity index (χ0n) is 7.29. The van der Waals surface area contributed by atoms with Gasteiger partial charge in [0.15, 0.2) is 0 Å². The van der Waals surface area contributed by atoms with E-state index >= 15 is 0 Å². The molecule has 0 aromatic rings. The minimum absolute atomic E-state index is 0.454. The average Bonchev–Trinajstić information content (AvgIpc) is 2.62. The lowest BCUT2D eigenvalue weighted by Gasteiger charge is -2.21. The molecule has 0 saturated carbocycles. The number of ether oxygens (including phenoxy) is 1. The highest BCUT2D eigenvalue weighted by atomic mass is 16.5. The van der Waals surface area contributed by atoms with E-state index in [4.69, 9.17) is 4.74 Å². The van der Waals surface area contributed by atoms with E-state index in [0.29, 0.717) is 12.2 Å². The normalized spacial score (nSPS) is 43.3. The molecule has 1 heteroatoms. The van der Waals surface area contributed by atoms with Crippen molar-refractivity contribution in [1.82, 2.24) is 0 Å². The molecule has 2 aliphatic heterocycles. The van der Waals surface area contributed by atoms with E-state index in [1.54, 1.807) is 0 Å². The highest BCUT2D eigenvalue weighted by Gasteiger charge is 2.38. The van der Waals surface area contributed by atoms with Crippen molar-refractivity contribution in [2.24, 2.45) is 11.8 Å². The van der Waals surface area contributed by atoms with E-state index < -0.39 is 0 Å². The maximum absolute atomic E-state index is 5.70. The Morgan fingerprint density at radius 2 is 2.36 bits per heavy atom. The fraction of sp³-hybridized carbons (Fsp3) is 0.800. The Balaban J connectivity index is 2.02. The van der Waals surface area contributed by atoms with Crippen molar-refractivity contribution in [1.29, 1.82) is 0 Å². The first-order chi connectivity index (χ1) is 5.31. The molecule has 2 bridgehead atoms. The summed E-state index contributed by atoms with van der Waals surface area (Å²) in [6, 6.07) is 0. The highest BCUT2D eigenvalue weighted by molar-refractivity contribution is 5.11. The first-order valence-corrected chi connectivity index (χ1v) is 4.65. The first-order valence-electron chi connectivity index (χ1n) is 4.65. The van der Waals surface area contributed by atoms with Crippen LogP contribution >= 0.6 is 0 Å². The molecule has 1 nitrogen and oxygen atoms in total. The van der Waals surface area contributed by atoms with Gasteiger partial charge in [0.05, 0.1) is 12.2 Å². The Kier molecular flexibility index (Phi) is 1.76. The van der Waals surface area contributed by atoms with Crippen molar-refractivity contribution in [2.75, 3.05) is 0 Å². The van der Waals surface area contributed by atoms with Crippen LogP contribution in [0, 0.1) is 11.8 Å². The van der Waals surface area contributed by atoms with Gasteiger partial charge in [0, 0.05) is 0 Å². The molecule has 0 radical (unpaired) electrons. The molecule has 2 heterocycles. The minimum Gasteiger partial charge on any atom is -0.367 e. The van der Waals surface area contributed by atoms with Gasteiger partial charge in [-0.3, -0.25) is 0 Å². The Bertz CT molecular complexity index is 174. The van der Waals surface area contributed by atoms with Gasteiger partial charge in [-0.2, -0.15) is 0 Å². The summed E-state index contributed by atoms with van der Waals surface area (Å²) in [5.74, 6) is 1.63. The maximum atomic E-state index is 5.70. The van der Waals surface area contributed by atoms with E-state index in [1.165, 1.54) is 12.8 Å². The fourth-order valence-corrected chi connectivity index (χ4v) is 2.16. The fourth-order valence-electron chi connectivity index (χ4n) is 2.16. The van der Waals surface area contributed by atoms with Crippen LogP contribution in [-0.4, -0.2) is 12.2 Å². The monoisotopic (exact) mass is 152 g/mol. The summed E-state index contributed by atoms with van der Waals surface area (Å²) < 4.78 is 5.70. The minimum atomic E-state index is 0.454. The molecule has 0 N–H and O–H groups in total. The summed E-state index contributed by atoms with van der Waals surface area (Å²) in [5, 5.41) is 0. The zero-order chi connectivity index (χ0) is 7.84. The summed E-state index contributed by atoms with van der Waals surface area (Å²) in [6.07, 6.45) is 7.91. The maximum Gasteiger partial charge on any atom is 0.0796 e. The number of hydrogen-bond acceptors (Lipinski definition) is 1. The van der Waals surface area contributed by atoms with E-state index in [9.17, 15) is 0 Å². The predicted molar refractivity (Wildman–Crippen MR) is 45.4 cm³/mol. The van der Waals surface area contributed by atoms with E-state index in [-0.39, 0.29) is 0 Å². The van der Waals surface area contributed by atoms with Crippen LogP contribution in [-0.2, 0) is 4.74 Å². The van der Waals surface area contributed by atoms with Crippen molar-refractivity contribution >= 4 is 0 Å². The third-order valence-corrected chi connectivity index (χ3v) is 3.15. The van der Waals surface area contributed by atoms with Crippen molar-refractivity contribution in [3.8, 4) is 0 Å². The molecular weight excluding hydrogens is 136 g/mol. The van der Waals surface area contributed by atoms with Gasteiger partial charge in [-0.1, -0.05) is 32.4 Å². The van der Waals surface area contributed by atoms with E-state index in [2.05, 4.69) is 26.0 Å². The van der Waals surface area contributed by atoms with Crippen molar-refractivity contribution in [3.63, 3.8) is 0 Å². The molecule has 0 spiro atoms. The van der Waals surface area contributed by atoms with Crippen molar-refractivity contribution < 1.29 is 4.74 Å². The molecule has 0 aromatic heterocycles. The van der Waals surface area contributed by atoms with Gasteiger partial charge in [0.2, 0.25) is 0 Å². The second-order valence-electron chi connectivity index (χ2n) is 3.81. The third-order valence-electron chi connectivity index (χ3n) is 3.15. The predicted octanol–water partition coefficient (Wildman–Crippen LogP) is 2.38. The van der Waals surface area contributed by atoms with Crippen LogP contribution in [0.1, 0.15) is 26.7 Å². The van der Waals surface area contributed by atoms with Gasteiger partial charge >= 0.3 is 0 Å². The van der Waals surface area contributed by atoms with Crippen LogP contribution in [0.25, 0.3) is 0 Å². The summed E-state index contributed by atoms with van der Waals surface area (Å²) in [5.41, 5.74) is 0. The first kappa shape index (κ1) is 7.35. The molecule has 1 saturated heterocycles. The zero-order valence-corrected chi connectivity index (χ0v) is 7.29. The average molecular weight is 152 g/mol. The van der Waals surface area contributed by atoms with Gasteiger partial charge in [-0.25, -0.2) is 0 Å². The molecule has 0 amide bonds. The summed E-state index contributed by atoms with van der Waals surface area (Å²) in [6.45, 7) is 4.60. The second-order valence-corrected chi connectivity index (χ2v) is 3.81. The molecule has 1 fully saturated rings. The third kappa shape index (κ3) is 1.12. The van der Waals surface area contributed by atoms with Gasteiger partial charge < -0.3 is 4.74 Å². The van der Waals surface area contributed by atoms with Gasteiger partial charge in [-0.05, 0) is 18.3 Å². The smallest absolute Gasteiger partial charge is 0.0796 e. The molecular formula is C10H16O. The second kappa shape index (κ2) is 2.63. The lowest BCUT2D eigenvalue weighted by molar-refractivity contribution is 0.0991. The summed E-state index contributed by atoms with van der Waals surface area (Å²) in [4.78, 5) is 0. The van der Waals surface area contributed by atoms with Gasteiger partial charge in [0.1, 0.15) is 0 Å². The quantitative estimate of drug-likeness (QED) is 0.552. The molecule has 62 valence electrons. The van der Waals surface area contributed by atoms with Crippen LogP contribution in [0.4, 0.5) is 0 Å². The molecule has 0 aromatic carbocycles. The molecule has 11 heavy (non-hydrogen) atoms. The molecule has 2 rings (SSSR count). The Morgan fingerprint density at radius 3 is 2.82 bits per heavy atom. The molecule has 4 unspecified atom stereocenters. The number of rotatable bonds is 2. The van der Waals surface area contributed by atoms with Crippen LogP contribution < -0.4 is 0 Å². The molecule has 2 aliphatic rings. The Hall–Kier alpha value is -0.300. The van der Waals surface area contributed by atoms with Crippen LogP contribution in [0.3, 0.4) is 0 Å². The molecule has 0 aliphatic carbocycles. The van der Waals surface area contributed by atoms with Crippen molar-refractivity contribution in [3.05, 3.63) is 12.2 Å². The van der Waals surface area contributed by atoms with Crippen LogP contribution in [0.15, 0.2) is 12.2 Å².